The number of hydrogen-bond donors (Lipinski definition) is 1. The number of carbonyl (C=O) groups is 1. The minimum absolute atomic E-state index is 0.0297. The molecule has 0 bridgehead atoms. The molecule has 0 saturated carbocycles. The Labute approximate surface area is 218 Å². The standard InChI is InChI=1S/C28H43NO3S.C2H6/c1-10-28(11-2,25-15-20(4)24(33-25)16-29-17-26(30)31-9)22-12-13-23(19(3)14-22)32-18-21(5)27(6,7)8;1-2/h12-15,21,29H,10-11,16-18H2,1-9H3;1-2H3. The first-order chi connectivity index (χ1) is 16.5. The number of ether oxygens (including phenoxy) is 2. The molecule has 1 heterocycles. The van der Waals surface area contributed by atoms with E-state index in [9.17, 15) is 4.79 Å². The minimum atomic E-state index is -0.240. The molecule has 1 unspecified atom stereocenters. The Bertz CT molecular complexity index is 922. The largest absolute Gasteiger partial charge is 0.493 e. The van der Waals surface area contributed by atoms with Gasteiger partial charge in [0.2, 0.25) is 0 Å². The van der Waals surface area contributed by atoms with Gasteiger partial charge in [-0.25, -0.2) is 0 Å². The molecule has 1 aromatic carbocycles. The lowest BCUT2D eigenvalue weighted by atomic mass is 9.74. The van der Waals surface area contributed by atoms with Crippen LogP contribution in [-0.4, -0.2) is 26.2 Å². The van der Waals surface area contributed by atoms with E-state index < -0.39 is 0 Å². The molecule has 198 valence electrons. The van der Waals surface area contributed by atoms with Gasteiger partial charge in [0.1, 0.15) is 5.75 Å². The Kier molecular flexibility index (Phi) is 12.5. The van der Waals surface area contributed by atoms with Gasteiger partial charge in [0.25, 0.3) is 0 Å². The first-order valence-electron chi connectivity index (χ1n) is 13.1. The summed E-state index contributed by atoms with van der Waals surface area (Å²) in [5.74, 6) is 1.21. The van der Waals surface area contributed by atoms with E-state index in [0.717, 1.165) is 25.2 Å². The average Bonchev–Trinajstić information content (AvgIpc) is 3.20. The lowest BCUT2D eigenvalue weighted by Gasteiger charge is -2.32. The molecule has 0 spiro atoms. The summed E-state index contributed by atoms with van der Waals surface area (Å²) in [4.78, 5) is 14.1. The lowest BCUT2D eigenvalue weighted by molar-refractivity contribution is -0.139. The summed E-state index contributed by atoms with van der Waals surface area (Å²) in [5.41, 5.74) is 4.00. The van der Waals surface area contributed by atoms with Crippen LogP contribution in [0.2, 0.25) is 0 Å². The maximum atomic E-state index is 11.4. The van der Waals surface area contributed by atoms with Crippen molar-refractivity contribution in [3.05, 3.63) is 50.7 Å². The van der Waals surface area contributed by atoms with Crippen molar-refractivity contribution in [2.24, 2.45) is 11.3 Å². The van der Waals surface area contributed by atoms with E-state index in [1.807, 2.05) is 25.2 Å². The molecule has 5 heteroatoms. The molecule has 2 rings (SSSR count). The van der Waals surface area contributed by atoms with Gasteiger partial charge in [-0.05, 0) is 66.8 Å². The summed E-state index contributed by atoms with van der Waals surface area (Å²) in [6, 6.07) is 9.05. The molecule has 1 N–H and O–H groups in total. The van der Waals surface area contributed by atoms with Gasteiger partial charge in [-0.3, -0.25) is 4.79 Å². The number of carbonyl (C=O) groups excluding carboxylic acids is 1. The SMILES string of the molecule is CC.CCC(CC)(c1ccc(OCC(C)C(C)(C)C)c(C)c1)c1cc(C)c(CNCC(=O)OC)s1. The van der Waals surface area contributed by atoms with Crippen LogP contribution < -0.4 is 10.1 Å². The fourth-order valence-corrected chi connectivity index (χ4v) is 5.50. The van der Waals surface area contributed by atoms with E-state index in [1.165, 1.54) is 33.6 Å². The van der Waals surface area contributed by atoms with Crippen molar-refractivity contribution in [1.82, 2.24) is 5.32 Å². The highest BCUT2D eigenvalue weighted by Gasteiger charge is 2.33. The fourth-order valence-electron chi connectivity index (χ4n) is 4.00. The van der Waals surface area contributed by atoms with Gasteiger partial charge in [-0.2, -0.15) is 0 Å². The van der Waals surface area contributed by atoms with Gasteiger partial charge >= 0.3 is 5.97 Å². The van der Waals surface area contributed by atoms with Crippen LogP contribution in [0.15, 0.2) is 24.3 Å². The van der Waals surface area contributed by atoms with Crippen molar-refractivity contribution in [3.63, 3.8) is 0 Å². The molecule has 35 heavy (non-hydrogen) atoms. The summed E-state index contributed by atoms with van der Waals surface area (Å²) in [7, 11) is 1.42. The molecule has 0 radical (unpaired) electrons. The zero-order valence-corrected chi connectivity index (χ0v) is 24.9. The Morgan fingerprint density at radius 1 is 1.06 bits per heavy atom. The number of hydrogen-bond acceptors (Lipinski definition) is 5. The van der Waals surface area contributed by atoms with Crippen LogP contribution in [0.1, 0.15) is 94.7 Å². The monoisotopic (exact) mass is 503 g/mol. The molecule has 0 saturated heterocycles. The van der Waals surface area contributed by atoms with Crippen molar-refractivity contribution in [1.29, 1.82) is 0 Å². The highest BCUT2D eigenvalue weighted by molar-refractivity contribution is 7.12. The predicted octanol–water partition coefficient (Wildman–Crippen LogP) is 7.82. The van der Waals surface area contributed by atoms with Crippen molar-refractivity contribution in [2.75, 3.05) is 20.3 Å². The average molecular weight is 504 g/mol. The van der Waals surface area contributed by atoms with E-state index in [0.29, 0.717) is 12.5 Å². The molecular formula is C30H49NO3S. The Hall–Kier alpha value is -1.85. The van der Waals surface area contributed by atoms with E-state index in [4.69, 9.17) is 9.47 Å². The van der Waals surface area contributed by atoms with Crippen LogP contribution in [0.4, 0.5) is 0 Å². The Balaban J connectivity index is 0.00000298. The van der Waals surface area contributed by atoms with Crippen molar-refractivity contribution in [2.45, 2.75) is 94.0 Å². The molecule has 0 fully saturated rings. The summed E-state index contributed by atoms with van der Waals surface area (Å²) in [6.45, 7) is 23.5. The Morgan fingerprint density at radius 3 is 2.20 bits per heavy atom. The number of aryl methyl sites for hydroxylation is 2. The molecule has 0 aliphatic rings. The van der Waals surface area contributed by atoms with Gasteiger partial charge in [0.05, 0.1) is 20.3 Å². The van der Waals surface area contributed by atoms with Crippen LogP contribution in [0.25, 0.3) is 0 Å². The van der Waals surface area contributed by atoms with E-state index >= 15 is 0 Å². The number of benzene rings is 1. The second-order valence-electron chi connectivity index (χ2n) is 10.2. The third kappa shape index (κ3) is 8.08. The van der Waals surface area contributed by atoms with Gasteiger partial charge in [-0.1, -0.05) is 67.5 Å². The molecule has 0 aliphatic carbocycles. The summed E-state index contributed by atoms with van der Waals surface area (Å²) in [6.07, 6.45) is 2.05. The first kappa shape index (κ1) is 31.2. The fraction of sp³-hybridized carbons (Fsp3) is 0.633. The lowest BCUT2D eigenvalue weighted by Crippen LogP contribution is -2.25. The van der Waals surface area contributed by atoms with E-state index in [-0.39, 0.29) is 23.3 Å². The normalized spacial score (nSPS) is 12.5. The third-order valence-electron chi connectivity index (χ3n) is 7.18. The van der Waals surface area contributed by atoms with E-state index in [2.05, 4.69) is 85.0 Å². The summed E-state index contributed by atoms with van der Waals surface area (Å²) in [5, 5.41) is 3.20. The smallest absolute Gasteiger partial charge is 0.319 e. The third-order valence-corrected chi connectivity index (χ3v) is 8.62. The van der Waals surface area contributed by atoms with E-state index in [1.54, 1.807) is 0 Å². The first-order valence-corrected chi connectivity index (χ1v) is 13.9. The van der Waals surface area contributed by atoms with Gasteiger partial charge in [-0.15, -0.1) is 11.3 Å². The van der Waals surface area contributed by atoms with Crippen molar-refractivity contribution >= 4 is 17.3 Å². The number of rotatable bonds is 11. The number of esters is 1. The summed E-state index contributed by atoms with van der Waals surface area (Å²) < 4.78 is 10.9. The van der Waals surface area contributed by atoms with Crippen LogP contribution in [0.5, 0.6) is 5.75 Å². The maximum absolute atomic E-state index is 11.4. The number of nitrogens with one attached hydrogen (secondary N) is 1. The molecule has 1 aromatic heterocycles. The highest BCUT2D eigenvalue weighted by atomic mass is 32.1. The molecular weight excluding hydrogens is 454 g/mol. The van der Waals surface area contributed by atoms with Crippen molar-refractivity contribution in [3.8, 4) is 5.75 Å². The van der Waals surface area contributed by atoms with Gasteiger partial charge in [0, 0.05) is 21.7 Å². The number of methoxy groups -OCH3 is 1. The van der Waals surface area contributed by atoms with Crippen LogP contribution in [0.3, 0.4) is 0 Å². The molecule has 0 aliphatic heterocycles. The maximum Gasteiger partial charge on any atom is 0.319 e. The number of thiophene rings is 1. The topological polar surface area (TPSA) is 47.6 Å². The minimum Gasteiger partial charge on any atom is -0.493 e. The zero-order chi connectivity index (χ0) is 26.8. The van der Waals surface area contributed by atoms with Crippen LogP contribution >= 0.6 is 11.3 Å². The molecule has 2 aromatic rings. The highest BCUT2D eigenvalue weighted by Crippen LogP contribution is 2.44. The van der Waals surface area contributed by atoms with Gasteiger partial charge < -0.3 is 14.8 Å². The van der Waals surface area contributed by atoms with Crippen molar-refractivity contribution < 1.29 is 14.3 Å². The Morgan fingerprint density at radius 2 is 1.69 bits per heavy atom. The molecule has 4 nitrogen and oxygen atoms in total. The quantitative estimate of drug-likeness (QED) is 0.318. The second-order valence-corrected chi connectivity index (χ2v) is 11.4. The molecule has 0 amide bonds. The molecule has 1 atom stereocenters. The van der Waals surface area contributed by atoms with Crippen LogP contribution in [0, 0.1) is 25.2 Å². The van der Waals surface area contributed by atoms with Gasteiger partial charge in [0.15, 0.2) is 0 Å². The zero-order valence-electron chi connectivity index (χ0n) is 24.1. The predicted molar refractivity (Wildman–Crippen MR) is 151 cm³/mol. The summed E-state index contributed by atoms with van der Waals surface area (Å²) >= 11 is 1.85. The second kappa shape index (κ2) is 14.0. The van der Waals surface area contributed by atoms with Crippen LogP contribution in [-0.2, 0) is 21.5 Å².